The molecular weight excluding hydrogens is 214 g/mol. The molecule has 0 aliphatic heterocycles. The molecule has 0 fully saturated rings. The Morgan fingerprint density at radius 1 is 1.47 bits per heavy atom. The SMILES string of the molecule is C/C=C\c1c(C(=O)O)cc2cccnc2c1C. The molecule has 0 saturated heterocycles. The highest BCUT2D eigenvalue weighted by molar-refractivity contribution is 5.99. The second-order valence-electron chi connectivity index (χ2n) is 3.84. The van der Waals surface area contributed by atoms with Crippen molar-refractivity contribution in [2.24, 2.45) is 0 Å². The van der Waals surface area contributed by atoms with Crippen molar-refractivity contribution in [1.82, 2.24) is 4.98 Å². The van der Waals surface area contributed by atoms with Crippen LogP contribution in [-0.2, 0) is 0 Å². The summed E-state index contributed by atoms with van der Waals surface area (Å²) in [5, 5.41) is 10.1. The molecule has 1 aromatic carbocycles. The number of aromatic carboxylic acids is 1. The maximum absolute atomic E-state index is 11.2. The van der Waals surface area contributed by atoms with Gasteiger partial charge in [0.25, 0.3) is 0 Å². The molecule has 1 heterocycles. The van der Waals surface area contributed by atoms with Gasteiger partial charge in [0.1, 0.15) is 0 Å². The lowest BCUT2D eigenvalue weighted by atomic mass is 9.97. The minimum atomic E-state index is -0.910. The molecule has 0 aliphatic rings. The summed E-state index contributed by atoms with van der Waals surface area (Å²) in [6, 6.07) is 5.36. The summed E-state index contributed by atoms with van der Waals surface area (Å²) in [5.74, 6) is -0.910. The van der Waals surface area contributed by atoms with Gasteiger partial charge in [-0.05, 0) is 37.1 Å². The van der Waals surface area contributed by atoms with Crippen LogP contribution in [0.5, 0.6) is 0 Å². The summed E-state index contributed by atoms with van der Waals surface area (Å²) in [5.41, 5.74) is 2.80. The molecule has 0 unspecified atom stereocenters. The molecule has 3 heteroatoms. The first-order chi connectivity index (χ1) is 8.15. The van der Waals surface area contributed by atoms with E-state index in [1.165, 1.54) is 0 Å². The number of benzene rings is 1. The second-order valence-corrected chi connectivity index (χ2v) is 3.84. The lowest BCUT2D eigenvalue weighted by molar-refractivity contribution is 0.0696. The van der Waals surface area contributed by atoms with Crippen molar-refractivity contribution >= 4 is 22.9 Å². The third kappa shape index (κ3) is 1.91. The van der Waals surface area contributed by atoms with E-state index in [9.17, 15) is 9.90 Å². The number of rotatable bonds is 2. The van der Waals surface area contributed by atoms with Crippen molar-refractivity contribution < 1.29 is 9.90 Å². The second kappa shape index (κ2) is 4.37. The van der Waals surface area contributed by atoms with Crippen LogP contribution in [0.25, 0.3) is 17.0 Å². The Hall–Kier alpha value is -2.16. The lowest BCUT2D eigenvalue weighted by Crippen LogP contribution is -2.02. The zero-order valence-corrected chi connectivity index (χ0v) is 9.77. The largest absolute Gasteiger partial charge is 0.478 e. The standard InChI is InChI=1S/C14H13NO2/c1-3-5-11-9(2)13-10(6-4-7-15-13)8-12(11)14(16)17/h3-8H,1-2H3,(H,16,17)/b5-3-. The monoisotopic (exact) mass is 227 g/mol. The van der Waals surface area contributed by atoms with Crippen molar-refractivity contribution in [3.05, 3.63) is 47.2 Å². The summed E-state index contributed by atoms with van der Waals surface area (Å²) in [6.07, 6.45) is 5.37. The predicted octanol–water partition coefficient (Wildman–Crippen LogP) is 3.27. The maximum atomic E-state index is 11.2. The molecule has 1 aromatic heterocycles. The van der Waals surface area contributed by atoms with Crippen LogP contribution >= 0.6 is 0 Å². The number of aryl methyl sites for hydroxylation is 1. The number of carbonyl (C=O) groups is 1. The van der Waals surface area contributed by atoms with Gasteiger partial charge in [-0.15, -0.1) is 0 Å². The van der Waals surface area contributed by atoms with Gasteiger partial charge in [0.05, 0.1) is 11.1 Å². The molecule has 2 aromatic rings. The molecule has 3 nitrogen and oxygen atoms in total. The minimum Gasteiger partial charge on any atom is -0.478 e. The van der Waals surface area contributed by atoms with Gasteiger partial charge in [0.2, 0.25) is 0 Å². The van der Waals surface area contributed by atoms with Crippen molar-refractivity contribution in [2.75, 3.05) is 0 Å². The van der Waals surface area contributed by atoms with Crippen LogP contribution in [0.3, 0.4) is 0 Å². The number of carboxylic acid groups (broad SMARTS) is 1. The van der Waals surface area contributed by atoms with E-state index in [-0.39, 0.29) is 0 Å². The average Bonchev–Trinajstić information content (AvgIpc) is 2.32. The smallest absolute Gasteiger partial charge is 0.336 e. The Morgan fingerprint density at radius 3 is 2.88 bits per heavy atom. The summed E-state index contributed by atoms with van der Waals surface area (Å²) in [4.78, 5) is 15.5. The van der Waals surface area contributed by atoms with Gasteiger partial charge in [-0.2, -0.15) is 0 Å². The minimum absolute atomic E-state index is 0.320. The van der Waals surface area contributed by atoms with Gasteiger partial charge in [-0.3, -0.25) is 4.98 Å². The van der Waals surface area contributed by atoms with Crippen LogP contribution in [0.1, 0.15) is 28.4 Å². The molecule has 17 heavy (non-hydrogen) atoms. The Morgan fingerprint density at radius 2 is 2.24 bits per heavy atom. The average molecular weight is 227 g/mol. The number of aromatic nitrogens is 1. The number of hydrogen-bond donors (Lipinski definition) is 1. The first-order valence-corrected chi connectivity index (χ1v) is 5.39. The molecule has 0 radical (unpaired) electrons. The fourth-order valence-electron chi connectivity index (χ4n) is 1.97. The van der Waals surface area contributed by atoms with Gasteiger partial charge >= 0.3 is 5.97 Å². The Balaban J connectivity index is 2.88. The number of allylic oxidation sites excluding steroid dienone is 1. The molecule has 0 saturated carbocycles. The molecule has 0 amide bonds. The maximum Gasteiger partial charge on any atom is 0.336 e. The van der Waals surface area contributed by atoms with Crippen LogP contribution in [0.15, 0.2) is 30.5 Å². The van der Waals surface area contributed by atoms with Crippen molar-refractivity contribution in [1.29, 1.82) is 0 Å². The lowest BCUT2D eigenvalue weighted by Gasteiger charge is -2.09. The molecular formula is C14H13NO2. The number of hydrogen-bond acceptors (Lipinski definition) is 2. The summed E-state index contributed by atoms with van der Waals surface area (Å²) < 4.78 is 0. The Kier molecular flexibility index (Phi) is 2.91. The Labute approximate surface area is 99.4 Å². The van der Waals surface area contributed by atoms with E-state index < -0.39 is 5.97 Å². The predicted molar refractivity (Wildman–Crippen MR) is 68.1 cm³/mol. The van der Waals surface area contributed by atoms with Gasteiger partial charge in [0.15, 0.2) is 0 Å². The van der Waals surface area contributed by atoms with Crippen LogP contribution in [0, 0.1) is 6.92 Å². The summed E-state index contributed by atoms with van der Waals surface area (Å²) >= 11 is 0. The normalized spacial score (nSPS) is 11.2. The number of pyridine rings is 1. The van der Waals surface area contributed by atoms with Crippen LogP contribution < -0.4 is 0 Å². The van der Waals surface area contributed by atoms with Crippen LogP contribution in [0.2, 0.25) is 0 Å². The molecule has 0 atom stereocenters. The first-order valence-electron chi connectivity index (χ1n) is 5.39. The van der Waals surface area contributed by atoms with Gasteiger partial charge in [0, 0.05) is 11.6 Å². The van der Waals surface area contributed by atoms with E-state index in [0.717, 1.165) is 22.0 Å². The fraction of sp³-hybridized carbons (Fsp3) is 0.143. The van der Waals surface area contributed by atoms with Crippen molar-refractivity contribution in [3.63, 3.8) is 0 Å². The Bertz CT molecular complexity index is 615. The van der Waals surface area contributed by atoms with Crippen molar-refractivity contribution in [2.45, 2.75) is 13.8 Å². The number of carboxylic acids is 1. The molecule has 1 N–H and O–H groups in total. The van der Waals surface area contributed by atoms with Crippen LogP contribution in [0.4, 0.5) is 0 Å². The highest BCUT2D eigenvalue weighted by Gasteiger charge is 2.13. The van der Waals surface area contributed by atoms with E-state index in [0.29, 0.717) is 5.56 Å². The molecule has 0 bridgehead atoms. The van der Waals surface area contributed by atoms with E-state index >= 15 is 0 Å². The topological polar surface area (TPSA) is 50.2 Å². The van der Waals surface area contributed by atoms with Crippen LogP contribution in [-0.4, -0.2) is 16.1 Å². The van der Waals surface area contributed by atoms with E-state index in [1.807, 2.05) is 38.1 Å². The molecule has 0 spiro atoms. The van der Waals surface area contributed by atoms with E-state index in [4.69, 9.17) is 0 Å². The quantitative estimate of drug-likeness (QED) is 0.856. The van der Waals surface area contributed by atoms with E-state index in [2.05, 4.69) is 4.98 Å². The van der Waals surface area contributed by atoms with Gasteiger partial charge < -0.3 is 5.11 Å². The third-order valence-corrected chi connectivity index (χ3v) is 2.75. The van der Waals surface area contributed by atoms with Gasteiger partial charge in [-0.25, -0.2) is 4.79 Å². The molecule has 86 valence electrons. The van der Waals surface area contributed by atoms with Crippen molar-refractivity contribution in [3.8, 4) is 0 Å². The van der Waals surface area contributed by atoms with E-state index in [1.54, 1.807) is 12.3 Å². The highest BCUT2D eigenvalue weighted by atomic mass is 16.4. The number of fused-ring (bicyclic) bond motifs is 1. The fourth-order valence-corrected chi connectivity index (χ4v) is 1.97. The molecule has 0 aliphatic carbocycles. The molecule has 2 rings (SSSR count). The third-order valence-electron chi connectivity index (χ3n) is 2.75. The first kappa shape index (κ1) is 11.3. The number of nitrogens with zero attached hydrogens (tertiary/aromatic N) is 1. The summed E-state index contributed by atoms with van der Waals surface area (Å²) in [7, 11) is 0. The van der Waals surface area contributed by atoms with Gasteiger partial charge in [-0.1, -0.05) is 18.2 Å². The summed E-state index contributed by atoms with van der Waals surface area (Å²) in [6.45, 7) is 3.77. The highest BCUT2D eigenvalue weighted by Crippen LogP contribution is 2.25. The zero-order chi connectivity index (χ0) is 12.4. The zero-order valence-electron chi connectivity index (χ0n) is 9.77.